The number of halogens is 1. The maximum atomic E-state index is 6.09. The molecule has 0 amide bonds. The molecule has 0 aliphatic heterocycles. The zero-order valence-electron chi connectivity index (χ0n) is 6.76. The monoisotopic (exact) mass is 179 g/mol. The molecule has 2 aliphatic rings. The highest BCUT2D eigenvalue weighted by Gasteiger charge is 2.43. The lowest BCUT2D eigenvalue weighted by Gasteiger charge is -2.33. The third-order valence-electron chi connectivity index (χ3n) is 3.21. The predicted octanol–water partition coefficient (Wildman–Crippen LogP) is 3.10. The standard InChI is InChI=1S/C10H10ClN/c11-8-4-5-12-10-7-3-1-2-6(7)9(8)10/h4-7H,1-3H2. The Morgan fingerprint density at radius 3 is 3.08 bits per heavy atom. The summed E-state index contributed by atoms with van der Waals surface area (Å²) in [6.45, 7) is 0. The van der Waals surface area contributed by atoms with Crippen molar-refractivity contribution in [3.05, 3.63) is 28.5 Å². The summed E-state index contributed by atoms with van der Waals surface area (Å²) >= 11 is 6.09. The van der Waals surface area contributed by atoms with Crippen LogP contribution in [0.25, 0.3) is 0 Å². The van der Waals surface area contributed by atoms with Crippen LogP contribution in [0.1, 0.15) is 42.4 Å². The van der Waals surface area contributed by atoms with E-state index in [2.05, 4.69) is 4.98 Å². The summed E-state index contributed by atoms with van der Waals surface area (Å²) in [5.41, 5.74) is 2.63. The van der Waals surface area contributed by atoms with Crippen molar-refractivity contribution in [1.29, 1.82) is 0 Å². The summed E-state index contributed by atoms with van der Waals surface area (Å²) in [5, 5.41) is 0.933. The van der Waals surface area contributed by atoms with Gasteiger partial charge in [0.2, 0.25) is 0 Å². The molecule has 1 aromatic heterocycles. The Bertz CT molecular complexity index is 335. The summed E-state index contributed by atoms with van der Waals surface area (Å²) in [4.78, 5) is 4.38. The molecule has 0 spiro atoms. The van der Waals surface area contributed by atoms with Crippen molar-refractivity contribution in [1.82, 2.24) is 4.98 Å². The van der Waals surface area contributed by atoms with Crippen molar-refractivity contribution in [2.45, 2.75) is 31.1 Å². The van der Waals surface area contributed by atoms with Gasteiger partial charge < -0.3 is 0 Å². The van der Waals surface area contributed by atoms with Gasteiger partial charge in [0.25, 0.3) is 0 Å². The highest BCUT2D eigenvalue weighted by molar-refractivity contribution is 6.31. The second kappa shape index (κ2) is 2.23. The van der Waals surface area contributed by atoms with Crippen LogP contribution in [-0.2, 0) is 0 Å². The summed E-state index contributed by atoms with van der Waals surface area (Å²) in [6, 6.07) is 1.91. The average Bonchev–Trinajstić information content (AvgIpc) is 2.43. The molecule has 2 aliphatic carbocycles. The van der Waals surface area contributed by atoms with Gasteiger partial charge in [0.05, 0.1) is 0 Å². The van der Waals surface area contributed by atoms with Gasteiger partial charge >= 0.3 is 0 Å². The van der Waals surface area contributed by atoms with E-state index in [4.69, 9.17) is 11.6 Å². The van der Waals surface area contributed by atoms with E-state index in [1.807, 2.05) is 12.3 Å². The molecule has 2 atom stereocenters. The first kappa shape index (κ1) is 6.90. The van der Waals surface area contributed by atoms with E-state index in [1.165, 1.54) is 30.5 Å². The molecule has 1 aromatic rings. The number of fused-ring (bicyclic) bond motifs is 4. The second-order valence-electron chi connectivity index (χ2n) is 3.74. The van der Waals surface area contributed by atoms with Crippen LogP contribution in [0.5, 0.6) is 0 Å². The lowest BCUT2D eigenvalue weighted by molar-refractivity contribution is 0.521. The Labute approximate surface area is 76.8 Å². The summed E-state index contributed by atoms with van der Waals surface area (Å²) < 4.78 is 0. The van der Waals surface area contributed by atoms with Crippen molar-refractivity contribution in [2.24, 2.45) is 0 Å². The van der Waals surface area contributed by atoms with E-state index in [1.54, 1.807) is 0 Å². The fraction of sp³-hybridized carbons (Fsp3) is 0.500. The molecule has 12 heavy (non-hydrogen) atoms. The number of nitrogens with zero attached hydrogens (tertiary/aromatic N) is 1. The molecule has 1 heterocycles. The van der Waals surface area contributed by atoms with Crippen LogP contribution in [0.15, 0.2) is 12.3 Å². The topological polar surface area (TPSA) is 12.9 Å². The maximum absolute atomic E-state index is 6.09. The van der Waals surface area contributed by atoms with Crippen molar-refractivity contribution in [3.8, 4) is 0 Å². The SMILES string of the molecule is Clc1ccnc2c1C1CCCC21. The molecule has 62 valence electrons. The van der Waals surface area contributed by atoms with Crippen LogP contribution in [0.3, 0.4) is 0 Å². The summed E-state index contributed by atoms with van der Waals surface area (Å²) in [5.74, 6) is 1.50. The Balaban J connectivity index is 2.17. The normalized spacial score (nSPS) is 30.8. The van der Waals surface area contributed by atoms with Gasteiger partial charge in [0.15, 0.2) is 0 Å². The molecule has 2 heteroatoms. The van der Waals surface area contributed by atoms with Gasteiger partial charge in [-0.05, 0) is 30.4 Å². The molecule has 0 radical (unpaired) electrons. The Morgan fingerprint density at radius 2 is 2.17 bits per heavy atom. The Kier molecular flexibility index (Phi) is 1.28. The lowest BCUT2D eigenvalue weighted by atomic mass is 9.73. The molecule has 0 bridgehead atoms. The van der Waals surface area contributed by atoms with E-state index >= 15 is 0 Å². The summed E-state index contributed by atoms with van der Waals surface area (Å²) in [7, 11) is 0. The number of rotatable bonds is 0. The van der Waals surface area contributed by atoms with E-state index in [0.29, 0.717) is 0 Å². The lowest BCUT2D eigenvalue weighted by Crippen LogP contribution is -2.21. The minimum Gasteiger partial charge on any atom is -0.261 e. The van der Waals surface area contributed by atoms with Crippen LogP contribution in [-0.4, -0.2) is 4.98 Å². The first-order valence-electron chi connectivity index (χ1n) is 4.52. The molecule has 3 rings (SSSR count). The average molecular weight is 180 g/mol. The third-order valence-corrected chi connectivity index (χ3v) is 3.54. The first-order chi connectivity index (χ1) is 5.88. The molecule has 0 saturated heterocycles. The number of hydrogen-bond donors (Lipinski definition) is 0. The van der Waals surface area contributed by atoms with Gasteiger partial charge in [0, 0.05) is 22.8 Å². The van der Waals surface area contributed by atoms with Gasteiger partial charge in [-0.1, -0.05) is 18.0 Å². The molecular weight excluding hydrogens is 170 g/mol. The van der Waals surface area contributed by atoms with Crippen LogP contribution < -0.4 is 0 Å². The molecule has 0 N–H and O–H groups in total. The van der Waals surface area contributed by atoms with Crippen molar-refractivity contribution in [2.75, 3.05) is 0 Å². The zero-order chi connectivity index (χ0) is 8.13. The van der Waals surface area contributed by atoms with Crippen molar-refractivity contribution >= 4 is 11.6 Å². The fourth-order valence-electron chi connectivity index (χ4n) is 2.66. The first-order valence-corrected chi connectivity index (χ1v) is 4.90. The highest BCUT2D eigenvalue weighted by Crippen LogP contribution is 2.57. The number of aromatic nitrogens is 1. The number of pyridine rings is 1. The minimum atomic E-state index is 0.749. The highest BCUT2D eigenvalue weighted by atomic mass is 35.5. The van der Waals surface area contributed by atoms with E-state index < -0.39 is 0 Å². The van der Waals surface area contributed by atoms with Crippen LogP contribution in [0, 0.1) is 0 Å². The minimum absolute atomic E-state index is 0.749. The summed E-state index contributed by atoms with van der Waals surface area (Å²) in [6.07, 6.45) is 5.83. The maximum Gasteiger partial charge on any atom is 0.0490 e. The zero-order valence-corrected chi connectivity index (χ0v) is 7.51. The molecule has 1 saturated carbocycles. The van der Waals surface area contributed by atoms with Crippen LogP contribution in [0.4, 0.5) is 0 Å². The smallest absolute Gasteiger partial charge is 0.0490 e. The largest absolute Gasteiger partial charge is 0.261 e. The fourth-order valence-corrected chi connectivity index (χ4v) is 2.96. The van der Waals surface area contributed by atoms with Crippen LogP contribution in [0.2, 0.25) is 5.02 Å². The molecule has 1 fully saturated rings. The van der Waals surface area contributed by atoms with Crippen molar-refractivity contribution < 1.29 is 0 Å². The van der Waals surface area contributed by atoms with E-state index in [0.717, 1.165) is 16.9 Å². The quantitative estimate of drug-likeness (QED) is 0.597. The van der Waals surface area contributed by atoms with Gasteiger partial charge in [-0.3, -0.25) is 4.98 Å². The Hall–Kier alpha value is -0.560. The van der Waals surface area contributed by atoms with E-state index in [9.17, 15) is 0 Å². The number of hydrogen-bond acceptors (Lipinski definition) is 1. The van der Waals surface area contributed by atoms with Crippen LogP contribution >= 0.6 is 11.6 Å². The molecule has 1 nitrogen and oxygen atoms in total. The van der Waals surface area contributed by atoms with Gasteiger partial charge in [-0.2, -0.15) is 0 Å². The second-order valence-corrected chi connectivity index (χ2v) is 4.14. The molecule has 2 unspecified atom stereocenters. The Morgan fingerprint density at radius 1 is 1.33 bits per heavy atom. The van der Waals surface area contributed by atoms with Gasteiger partial charge in [-0.15, -0.1) is 0 Å². The van der Waals surface area contributed by atoms with Gasteiger partial charge in [-0.25, -0.2) is 0 Å². The predicted molar refractivity (Wildman–Crippen MR) is 48.6 cm³/mol. The molecular formula is C10H10ClN. The molecule has 0 aromatic carbocycles. The van der Waals surface area contributed by atoms with E-state index in [-0.39, 0.29) is 0 Å². The van der Waals surface area contributed by atoms with Crippen molar-refractivity contribution in [3.63, 3.8) is 0 Å². The van der Waals surface area contributed by atoms with Gasteiger partial charge in [0.1, 0.15) is 0 Å². The third kappa shape index (κ3) is 0.680.